The number of hydrogen-bond donors (Lipinski definition) is 0. The number of amides is 1. The van der Waals surface area contributed by atoms with Crippen molar-refractivity contribution in [3.05, 3.63) is 35.9 Å². The highest BCUT2D eigenvalue weighted by atomic mass is 16.2. The maximum atomic E-state index is 13.2. The van der Waals surface area contributed by atoms with Gasteiger partial charge in [-0.2, -0.15) is 5.26 Å². The molecule has 2 aliphatic rings. The maximum absolute atomic E-state index is 13.2. The number of rotatable bonds is 4. The fraction of sp³-hybridized carbons (Fsp3) is 0.636. The van der Waals surface area contributed by atoms with E-state index in [4.69, 9.17) is 0 Å². The molecule has 2 saturated heterocycles. The zero-order chi connectivity index (χ0) is 19.5. The predicted octanol–water partition coefficient (Wildman–Crippen LogP) is 2.74. The summed E-state index contributed by atoms with van der Waals surface area (Å²) in [5.74, 6) is 0.284. The number of benzene rings is 1. The van der Waals surface area contributed by atoms with Gasteiger partial charge in [-0.05, 0) is 58.4 Å². The molecule has 5 nitrogen and oxygen atoms in total. The lowest BCUT2D eigenvalue weighted by Crippen LogP contribution is -2.56. The molecule has 0 aliphatic carbocycles. The summed E-state index contributed by atoms with van der Waals surface area (Å²) in [7, 11) is 3.93. The van der Waals surface area contributed by atoms with Crippen molar-refractivity contribution in [2.45, 2.75) is 44.7 Å². The Morgan fingerprint density at radius 1 is 1.07 bits per heavy atom. The van der Waals surface area contributed by atoms with Gasteiger partial charge in [0.1, 0.15) is 5.54 Å². The minimum Gasteiger partial charge on any atom is -0.342 e. The van der Waals surface area contributed by atoms with Gasteiger partial charge in [0.2, 0.25) is 5.91 Å². The van der Waals surface area contributed by atoms with Crippen LogP contribution in [0, 0.1) is 16.7 Å². The summed E-state index contributed by atoms with van der Waals surface area (Å²) in [5.41, 5.74) is 0.647. The number of nitriles is 1. The normalized spacial score (nSPS) is 22.4. The van der Waals surface area contributed by atoms with Gasteiger partial charge >= 0.3 is 0 Å². The van der Waals surface area contributed by atoms with E-state index in [1.807, 2.05) is 30.0 Å². The monoisotopic (exact) mass is 368 g/mol. The van der Waals surface area contributed by atoms with Crippen LogP contribution >= 0.6 is 0 Å². The molecule has 0 bridgehead atoms. The van der Waals surface area contributed by atoms with E-state index in [2.05, 4.69) is 42.2 Å². The molecule has 3 rings (SSSR count). The summed E-state index contributed by atoms with van der Waals surface area (Å²) in [6.45, 7) is 6.40. The van der Waals surface area contributed by atoms with Crippen molar-refractivity contribution in [2.24, 2.45) is 5.41 Å². The van der Waals surface area contributed by atoms with E-state index in [-0.39, 0.29) is 11.3 Å². The molecule has 2 heterocycles. The van der Waals surface area contributed by atoms with Gasteiger partial charge in [0.05, 0.1) is 6.07 Å². The standard InChI is InChI=1S/C22H32N4O/c1-21(9-13-25(14-10-21)17-19-7-5-4-6-8-19)20(27)26-15-11-22(18-23,12-16-26)24(2)3/h4-8H,9-17H2,1-3H3. The molecular weight excluding hydrogens is 336 g/mol. The first-order chi connectivity index (χ1) is 12.9. The first-order valence-corrected chi connectivity index (χ1v) is 10.0. The molecule has 0 atom stereocenters. The third kappa shape index (κ3) is 4.17. The van der Waals surface area contributed by atoms with Crippen LogP contribution in [0.25, 0.3) is 0 Å². The second-order valence-corrected chi connectivity index (χ2v) is 8.65. The number of nitrogens with zero attached hydrogens (tertiary/aromatic N) is 4. The van der Waals surface area contributed by atoms with Gasteiger partial charge in [-0.15, -0.1) is 0 Å². The highest BCUT2D eigenvalue weighted by Crippen LogP contribution is 2.36. The molecule has 0 saturated carbocycles. The van der Waals surface area contributed by atoms with Crippen molar-refractivity contribution in [2.75, 3.05) is 40.3 Å². The van der Waals surface area contributed by atoms with Crippen LogP contribution in [0.4, 0.5) is 0 Å². The fourth-order valence-corrected chi connectivity index (χ4v) is 4.38. The van der Waals surface area contributed by atoms with Gasteiger partial charge in [-0.1, -0.05) is 37.3 Å². The number of carbonyl (C=O) groups is 1. The van der Waals surface area contributed by atoms with E-state index in [0.717, 1.165) is 45.3 Å². The summed E-state index contributed by atoms with van der Waals surface area (Å²) in [4.78, 5) is 19.7. The van der Waals surface area contributed by atoms with Gasteiger partial charge in [0, 0.05) is 25.0 Å². The molecule has 2 fully saturated rings. The van der Waals surface area contributed by atoms with Gasteiger partial charge in [-0.25, -0.2) is 0 Å². The number of likely N-dealkylation sites (tertiary alicyclic amines) is 2. The van der Waals surface area contributed by atoms with Gasteiger partial charge in [0.15, 0.2) is 0 Å². The molecule has 5 heteroatoms. The lowest BCUT2D eigenvalue weighted by molar-refractivity contribution is -0.146. The zero-order valence-corrected chi connectivity index (χ0v) is 16.9. The van der Waals surface area contributed by atoms with Crippen LogP contribution in [-0.2, 0) is 11.3 Å². The number of hydrogen-bond acceptors (Lipinski definition) is 4. The lowest BCUT2D eigenvalue weighted by atomic mass is 9.77. The summed E-state index contributed by atoms with van der Waals surface area (Å²) >= 11 is 0. The average molecular weight is 369 g/mol. The SMILES string of the molecule is CN(C)C1(C#N)CCN(C(=O)C2(C)CCN(Cc3ccccc3)CC2)CC1. The molecule has 1 aromatic rings. The molecule has 146 valence electrons. The van der Waals surface area contributed by atoms with Crippen LogP contribution in [0.5, 0.6) is 0 Å². The molecule has 2 aliphatic heterocycles. The third-order valence-corrected chi connectivity index (χ3v) is 6.67. The van der Waals surface area contributed by atoms with Crippen molar-refractivity contribution in [3.63, 3.8) is 0 Å². The zero-order valence-electron chi connectivity index (χ0n) is 16.9. The topological polar surface area (TPSA) is 50.6 Å². The van der Waals surface area contributed by atoms with E-state index < -0.39 is 5.54 Å². The van der Waals surface area contributed by atoms with Gasteiger partial charge in [0.25, 0.3) is 0 Å². The van der Waals surface area contributed by atoms with Crippen molar-refractivity contribution in [1.82, 2.24) is 14.7 Å². The molecule has 1 aromatic carbocycles. The minimum atomic E-state index is -0.420. The van der Waals surface area contributed by atoms with E-state index in [0.29, 0.717) is 13.1 Å². The number of piperidine rings is 2. The van der Waals surface area contributed by atoms with Crippen LogP contribution in [0.3, 0.4) is 0 Å². The highest BCUT2D eigenvalue weighted by Gasteiger charge is 2.43. The molecule has 0 unspecified atom stereocenters. The Balaban J connectivity index is 1.55. The minimum absolute atomic E-state index is 0.266. The second-order valence-electron chi connectivity index (χ2n) is 8.65. The van der Waals surface area contributed by atoms with E-state index >= 15 is 0 Å². The van der Waals surface area contributed by atoms with Crippen LogP contribution < -0.4 is 0 Å². The summed E-state index contributed by atoms with van der Waals surface area (Å²) in [6.07, 6.45) is 3.29. The van der Waals surface area contributed by atoms with E-state index in [1.54, 1.807) is 0 Å². The Bertz CT molecular complexity index is 678. The molecule has 0 N–H and O–H groups in total. The van der Waals surface area contributed by atoms with Gasteiger partial charge < -0.3 is 4.90 Å². The summed E-state index contributed by atoms with van der Waals surface area (Å²) in [6, 6.07) is 13.0. The first kappa shape index (κ1) is 19.9. The van der Waals surface area contributed by atoms with Crippen molar-refractivity contribution < 1.29 is 4.79 Å². The van der Waals surface area contributed by atoms with Crippen LogP contribution in [0.2, 0.25) is 0 Å². The number of carbonyl (C=O) groups excluding carboxylic acids is 1. The lowest BCUT2D eigenvalue weighted by Gasteiger charge is -2.45. The molecule has 27 heavy (non-hydrogen) atoms. The Labute approximate surface area is 163 Å². The summed E-state index contributed by atoms with van der Waals surface area (Å²) in [5, 5.41) is 9.59. The van der Waals surface area contributed by atoms with Crippen molar-refractivity contribution in [1.29, 1.82) is 5.26 Å². The molecular formula is C22H32N4O. The Morgan fingerprint density at radius 3 is 2.19 bits per heavy atom. The smallest absolute Gasteiger partial charge is 0.228 e. The van der Waals surface area contributed by atoms with E-state index in [1.165, 1.54) is 5.56 Å². The predicted molar refractivity (Wildman–Crippen MR) is 107 cm³/mol. The van der Waals surface area contributed by atoms with Crippen LogP contribution in [0.1, 0.15) is 38.2 Å². The molecule has 0 radical (unpaired) electrons. The van der Waals surface area contributed by atoms with Crippen molar-refractivity contribution in [3.8, 4) is 6.07 Å². The molecule has 0 spiro atoms. The van der Waals surface area contributed by atoms with Crippen LogP contribution in [0.15, 0.2) is 30.3 Å². The average Bonchev–Trinajstić information content (AvgIpc) is 2.70. The maximum Gasteiger partial charge on any atom is 0.228 e. The quantitative estimate of drug-likeness (QED) is 0.820. The fourth-order valence-electron chi connectivity index (χ4n) is 4.38. The molecule has 1 amide bonds. The highest BCUT2D eigenvalue weighted by molar-refractivity contribution is 5.82. The Kier molecular flexibility index (Phi) is 5.88. The largest absolute Gasteiger partial charge is 0.342 e. The van der Waals surface area contributed by atoms with Crippen molar-refractivity contribution >= 4 is 5.91 Å². The van der Waals surface area contributed by atoms with E-state index in [9.17, 15) is 10.1 Å². The summed E-state index contributed by atoms with van der Waals surface area (Å²) < 4.78 is 0. The van der Waals surface area contributed by atoms with Crippen LogP contribution in [-0.4, -0.2) is 66.4 Å². The third-order valence-electron chi connectivity index (χ3n) is 6.67. The molecule has 0 aromatic heterocycles. The van der Waals surface area contributed by atoms with Gasteiger partial charge in [-0.3, -0.25) is 14.6 Å². The Hall–Kier alpha value is -1.90. The second kappa shape index (κ2) is 8.00. The Morgan fingerprint density at radius 2 is 1.67 bits per heavy atom. The first-order valence-electron chi connectivity index (χ1n) is 10.0.